The molecular formula is C23H25N3O2. The fraction of sp³-hybridized carbons (Fsp3) is 0.261. The van der Waals surface area contributed by atoms with Gasteiger partial charge in [-0.2, -0.15) is 0 Å². The van der Waals surface area contributed by atoms with Gasteiger partial charge in [0.1, 0.15) is 0 Å². The lowest BCUT2D eigenvalue weighted by atomic mass is 10.1. The summed E-state index contributed by atoms with van der Waals surface area (Å²) in [6.07, 6.45) is 2.53. The first kappa shape index (κ1) is 19.5. The molecule has 0 aliphatic heterocycles. The van der Waals surface area contributed by atoms with E-state index in [1.54, 1.807) is 18.1 Å². The molecule has 0 fully saturated rings. The first-order valence-electron chi connectivity index (χ1n) is 9.28. The van der Waals surface area contributed by atoms with Gasteiger partial charge in [-0.3, -0.25) is 9.78 Å². The van der Waals surface area contributed by atoms with Crippen molar-refractivity contribution in [2.45, 2.75) is 26.3 Å². The first-order chi connectivity index (χ1) is 13.5. The number of aryl methyl sites for hydroxylation is 1. The lowest BCUT2D eigenvalue weighted by molar-refractivity contribution is 0.0743. The van der Waals surface area contributed by atoms with Crippen molar-refractivity contribution in [1.29, 1.82) is 0 Å². The molecule has 0 spiro atoms. The van der Waals surface area contributed by atoms with Gasteiger partial charge in [0.25, 0.3) is 5.91 Å². The highest BCUT2D eigenvalue weighted by Gasteiger charge is 2.18. The minimum atomic E-state index is -0.00898. The Kier molecular flexibility index (Phi) is 6.04. The summed E-state index contributed by atoms with van der Waals surface area (Å²) in [7, 11) is 3.43. The third-order valence-corrected chi connectivity index (χ3v) is 4.82. The van der Waals surface area contributed by atoms with Crippen LogP contribution in [0.2, 0.25) is 0 Å². The molecule has 2 aromatic heterocycles. The molecule has 1 aromatic carbocycles. The molecule has 1 atom stereocenters. The highest BCUT2D eigenvalue weighted by molar-refractivity contribution is 5.94. The van der Waals surface area contributed by atoms with Gasteiger partial charge in [0.05, 0.1) is 12.8 Å². The zero-order chi connectivity index (χ0) is 20.1. The SMILES string of the molecule is COc1cccc(-c2ccc(C(=O)N(C)[C@@H](C)Cc3cc(C)ccn3)cc2)n1. The van der Waals surface area contributed by atoms with Crippen molar-refractivity contribution >= 4 is 5.91 Å². The van der Waals surface area contributed by atoms with Gasteiger partial charge in [-0.1, -0.05) is 18.2 Å². The van der Waals surface area contributed by atoms with Gasteiger partial charge in [-0.05, 0) is 49.7 Å². The van der Waals surface area contributed by atoms with E-state index in [4.69, 9.17) is 4.74 Å². The van der Waals surface area contributed by atoms with Crippen LogP contribution in [0.4, 0.5) is 0 Å². The number of carbonyl (C=O) groups excluding carboxylic acids is 1. The van der Waals surface area contributed by atoms with Crippen molar-refractivity contribution in [3.05, 3.63) is 77.6 Å². The summed E-state index contributed by atoms with van der Waals surface area (Å²) < 4.78 is 5.18. The van der Waals surface area contributed by atoms with Crippen molar-refractivity contribution < 1.29 is 9.53 Å². The van der Waals surface area contributed by atoms with Gasteiger partial charge in [-0.25, -0.2) is 4.98 Å². The van der Waals surface area contributed by atoms with E-state index >= 15 is 0 Å². The van der Waals surface area contributed by atoms with Crippen LogP contribution < -0.4 is 4.74 Å². The molecule has 28 heavy (non-hydrogen) atoms. The van der Waals surface area contributed by atoms with E-state index in [-0.39, 0.29) is 11.9 Å². The van der Waals surface area contributed by atoms with Crippen LogP contribution in [-0.2, 0) is 6.42 Å². The molecule has 1 amide bonds. The molecule has 0 saturated carbocycles. The second-order valence-corrected chi connectivity index (χ2v) is 6.94. The summed E-state index contributed by atoms with van der Waals surface area (Å²) in [6.45, 7) is 4.08. The topological polar surface area (TPSA) is 55.3 Å². The predicted molar refractivity (Wildman–Crippen MR) is 110 cm³/mol. The van der Waals surface area contributed by atoms with Crippen LogP contribution in [0.1, 0.15) is 28.5 Å². The number of ether oxygens (including phenoxy) is 1. The molecule has 3 rings (SSSR count). The lowest BCUT2D eigenvalue weighted by Gasteiger charge is -2.25. The number of amides is 1. The number of aromatic nitrogens is 2. The van der Waals surface area contributed by atoms with Gasteiger partial charge < -0.3 is 9.64 Å². The highest BCUT2D eigenvalue weighted by Crippen LogP contribution is 2.21. The maximum absolute atomic E-state index is 12.9. The second kappa shape index (κ2) is 8.65. The van der Waals surface area contributed by atoms with E-state index in [1.165, 1.54) is 5.56 Å². The first-order valence-corrected chi connectivity index (χ1v) is 9.28. The smallest absolute Gasteiger partial charge is 0.253 e. The lowest BCUT2D eigenvalue weighted by Crippen LogP contribution is -2.36. The molecule has 0 N–H and O–H groups in total. The van der Waals surface area contributed by atoms with Gasteiger partial charge in [0.2, 0.25) is 5.88 Å². The molecule has 0 unspecified atom stereocenters. The number of pyridine rings is 2. The molecule has 5 nitrogen and oxygen atoms in total. The second-order valence-electron chi connectivity index (χ2n) is 6.94. The van der Waals surface area contributed by atoms with Crippen molar-refractivity contribution in [2.24, 2.45) is 0 Å². The number of nitrogens with zero attached hydrogens (tertiary/aromatic N) is 3. The Bertz CT molecular complexity index is 954. The Hall–Kier alpha value is -3.21. The Morgan fingerprint density at radius 3 is 2.57 bits per heavy atom. The van der Waals surface area contributed by atoms with Crippen LogP contribution in [0.3, 0.4) is 0 Å². The number of hydrogen-bond acceptors (Lipinski definition) is 4. The molecular weight excluding hydrogens is 350 g/mol. The van der Waals surface area contributed by atoms with Crippen LogP contribution >= 0.6 is 0 Å². The predicted octanol–water partition coefficient (Wildman–Crippen LogP) is 4.16. The summed E-state index contributed by atoms with van der Waals surface area (Å²) in [6, 6.07) is 17.2. The van der Waals surface area contributed by atoms with E-state index in [0.717, 1.165) is 23.4 Å². The van der Waals surface area contributed by atoms with Crippen molar-refractivity contribution in [3.63, 3.8) is 0 Å². The maximum atomic E-state index is 12.9. The fourth-order valence-electron chi connectivity index (χ4n) is 3.03. The van der Waals surface area contributed by atoms with Gasteiger partial charge in [-0.15, -0.1) is 0 Å². The van der Waals surface area contributed by atoms with Gasteiger partial charge in [0, 0.05) is 48.6 Å². The Balaban J connectivity index is 1.71. The van der Waals surface area contributed by atoms with E-state index in [2.05, 4.69) is 16.0 Å². The largest absolute Gasteiger partial charge is 0.481 e. The summed E-state index contributed by atoms with van der Waals surface area (Å²) in [5, 5.41) is 0. The minimum absolute atomic E-state index is 0.00898. The third kappa shape index (κ3) is 4.55. The van der Waals surface area contributed by atoms with E-state index < -0.39 is 0 Å². The number of likely N-dealkylation sites (N-methyl/N-ethyl adjacent to an activating group) is 1. The van der Waals surface area contributed by atoms with Crippen molar-refractivity contribution in [1.82, 2.24) is 14.9 Å². The molecule has 144 valence electrons. The number of hydrogen-bond donors (Lipinski definition) is 0. The molecule has 2 heterocycles. The molecule has 0 saturated heterocycles. The maximum Gasteiger partial charge on any atom is 0.253 e. The normalized spacial score (nSPS) is 11.7. The third-order valence-electron chi connectivity index (χ3n) is 4.82. The number of rotatable bonds is 6. The van der Waals surface area contributed by atoms with Crippen molar-refractivity contribution in [2.75, 3.05) is 14.2 Å². The summed E-state index contributed by atoms with van der Waals surface area (Å²) >= 11 is 0. The molecule has 5 heteroatoms. The van der Waals surface area contributed by atoms with Crippen LogP contribution in [0.25, 0.3) is 11.3 Å². The molecule has 0 radical (unpaired) electrons. The van der Waals surface area contributed by atoms with E-state index in [9.17, 15) is 4.79 Å². The van der Waals surface area contributed by atoms with Crippen LogP contribution in [0.15, 0.2) is 60.8 Å². The Morgan fingerprint density at radius 1 is 1.14 bits per heavy atom. The van der Waals surface area contributed by atoms with E-state index in [1.807, 2.05) is 69.6 Å². The molecule has 0 bridgehead atoms. The minimum Gasteiger partial charge on any atom is -0.481 e. The zero-order valence-corrected chi connectivity index (χ0v) is 16.7. The van der Waals surface area contributed by atoms with Crippen LogP contribution in [0.5, 0.6) is 5.88 Å². The van der Waals surface area contributed by atoms with Crippen molar-refractivity contribution in [3.8, 4) is 17.1 Å². The summed E-state index contributed by atoms with van der Waals surface area (Å²) in [4.78, 5) is 23.5. The van der Waals surface area contributed by atoms with E-state index in [0.29, 0.717) is 11.4 Å². The number of benzene rings is 1. The Morgan fingerprint density at radius 2 is 1.89 bits per heavy atom. The van der Waals surface area contributed by atoms with Crippen LogP contribution in [-0.4, -0.2) is 41.0 Å². The molecule has 0 aliphatic carbocycles. The average molecular weight is 375 g/mol. The molecule has 0 aliphatic rings. The number of methoxy groups -OCH3 is 1. The van der Waals surface area contributed by atoms with Crippen LogP contribution in [0, 0.1) is 6.92 Å². The van der Waals surface area contributed by atoms with Gasteiger partial charge >= 0.3 is 0 Å². The highest BCUT2D eigenvalue weighted by atomic mass is 16.5. The van der Waals surface area contributed by atoms with Gasteiger partial charge in [0.15, 0.2) is 0 Å². The average Bonchev–Trinajstić information content (AvgIpc) is 2.73. The Labute approximate surface area is 166 Å². The quantitative estimate of drug-likeness (QED) is 0.649. The molecule has 3 aromatic rings. The summed E-state index contributed by atoms with van der Waals surface area (Å²) in [5.74, 6) is 0.557. The summed E-state index contributed by atoms with van der Waals surface area (Å²) in [5.41, 5.74) is 4.57. The zero-order valence-electron chi connectivity index (χ0n) is 16.7. The number of carbonyl (C=O) groups is 1. The standard InChI is InChI=1S/C23H25N3O2/c1-16-12-13-24-20(14-16)15-17(2)26(3)23(27)19-10-8-18(9-11-19)21-6-5-7-22(25-21)28-4/h5-14,17H,15H2,1-4H3/t17-/m0/s1. The monoisotopic (exact) mass is 375 g/mol. The fourth-order valence-corrected chi connectivity index (χ4v) is 3.03.